The van der Waals surface area contributed by atoms with Crippen LogP contribution in [0.5, 0.6) is 5.75 Å². The Kier molecular flexibility index (Phi) is 6.60. The second-order valence-electron chi connectivity index (χ2n) is 11.7. The average molecular weight is 513 g/mol. The number of carbonyl (C=O) groups excluding carboxylic acids is 1. The van der Waals surface area contributed by atoms with Crippen molar-refractivity contribution >= 4 is 12.0 Å². The number of piperazine rings is 1. The fourth-order valence-electron chi connectivity index (χ4n) is 7.17. The predicted molar refractivity (Wildman–Crippen MR) is 137 cm³/mol. The van der Waals surface area contributed by atoms with Gasteiger partial charge in [0, 0.05) is 56.4 Å². The summed E-state index contributed by atoms with van der Waals surface area (Å²) in [6.45, 7) is 13.1. The lowest BCUT2D eigenvalue weighted by molar-refractivity contribution is -0.614. The van der Waals surface area contributed by atoms with Crippen molar-refractivity contribution in [3.05, 3.63) is 35.9 Å². The molecule has 6 aliphatic rings. The Bertz CT molecular complexity index is 1020. The second kappa shape index (κ2) is 9.65. The molecular formula is C29H40N2O6. The number of nitrogens with zero attached hydrogens (tertiary/aromatic N) is 2. The van der Waals surface area contributed by atoms with Crippen LogP contribution in [-0.2, 0) is 24.0 Å². The van der Waals surface area contributed by atoms with E-state index in [1.54, 1.807) is 6.08 Å². The summed E-state index contributed by atoms with van der Waals surface area (Å²) in [6.07, 6.45) is 5.62. The molecule has 5 heterocycles. The normalized spacial score (nSPS) is 41.6. The van der Waals surface area contributed by atoms with E-state index in [1.165, 1.54) is 0 Å². The molecule has 8 heteroatoms. The number of rotatable bonds is 5. The molecule has 0 aromatic heterocycles. The van der Waals surface area contributed by atoms with E-state index in [2.05, 4.69) is 25.7 Å². The van der Waals surface area contributed by atoms with Crippen LogP contribution in [0.25, 0.3) is 6.08 Å². The highest BCUT2D eigenvalue weighted by Gasteiger charge is 2.72. The molecule has 202 valence electrons. The molecule has 1 aromatic rings. The lowest BCUT2D eigenvalue weighted by atomic mass is 9.56. The maximum Gasteiger partial charge on any atom is 0.246 e. The van der Waals surface area contributed by atoms with Crippen molar-refractivity contribution < 1.29 is 28.8 Å². The van der Waals surface area contributed by atoms with Crippen molar-refractivity contribution in [2.75, 3.05) is 32.7 Å². The van der Waals surface area contributed by atoms with Crippen LogP contribution in [-0.4, -0.2) is 72.4 Å². The molecule has 1 spiro atoms. The van der Waals surface area contributed by atoms with Crippen LogP contribution in [0.4, 0.5) is 0 Å². The minimum atomic E-state index is -0.784. The summed E-state index contributed by atoms with van der Waals surface area (Å²) in [4.78, 5) is 28.7. The number of carbonyl (C=O) groups is 1. The molecular weight excluding hydrogens is 472 g/mol. The van der Waals surface area contributed by atoms with Crippen LogP contribution in [0.2, 0.25) is 0 Å². The summed E-state index contributed by atoms with van der Waals surface area (Å²) >= 11 is 0. The summed E-state index contributed by atoms with van der Waals surface area (Å²) in [5, 5.41) is 0. The monoisotopic (exact) mass is 512 g/mol. The van der Waals surface area contributed by atoms with Gasteiger partial charge in [-0.2, -0.15) is 0 Å². The van der Waals surface area contributed by atoms with Gasteiger partial charge in [-0.05, 0) is 56.0 Å². The first kappa shape index (κ1) is 25.3. The molecule has 7 rings (SSSR count). The maximum atomic E-state index is 12.6. The first-order valence-electron chi connectivity index (χ1n) is 14.0. The van der Waals surface area contributed by atoms with Crippen LogP contribution in [0.15, 0.2) is 30.3 Å². The minimum absolute atomic E-state index is 0.0659. The second-order valence-corrected chi connectivity index (χ2v) is 11.7. The van der Waals surface area contributed by atoms with Crippen molar-refractivity contribution in [1.29, 1.82) is 0 Å². The molecule has 5 aliphatic heterocycles. The molecule has 5 saturated heterocycles. The quantitative estimate of drug-likeness (QED) is 0.435. The molecule has 6 fully saturated rings. The molecule has 2 unspecified atom stereocenters. The number of hydrogen-bond donors (Lipinski definition) is 0. The Hall–Kier alpha value is -1.97. The van der Waals surface area contributed by atoms with Crippen LogP contribution < -0.4 is 4.74 Å². The Balaban J connectivity index is 1.11. The molecule has 37 heavy (non-hydrogen) atoms. The van der Waals surface area contributed by atoms with Crippen molar-refractivity contribution in [3.8, 4) is 5.75 Å². The Labute approximate surface area is 219 Å². The molecule has 0 radical (unpaired) electrons. The third-order valence-corrected chi connectivity index (χ3v) is 9.46. The van der Waals surface area contributed by atoms with Gasteiger partial charge in [-0.1, -0.05) is 32.9 Å². The summed E-state index contributed by atoms with van der Waals surface area (Å²) < 4.78 is 19.1. The average Bonchev–Trinajstić information content (AvgIpc) is 2.91. The number of benzene rings is 1. The van der Waals surface area contributed by atoms with Crippen LogP contribution in [0, 0.1) is 23.7 Å². The van der Waals surface area contributed by atoms with Crippen molar-refractivity contribution in [2.24, 2.45) is 23.7 Å². The summed E-state index contributed by atoms with van der Waals surface area (Å²) in [5.74, 6) is 1.24. The lowest BCUT2D eigenvalue weighted by Gasteiger charge is -2.66. The molecule has 1 amide bonds. The van der Waals surface area contributed by atoms with E-state index >= 15 is 0 Å². The van der Waals surface area contributed by atoms with E-state index in [9.17, 15) is 4.79 Å². The Morgan fingerprint density at radius 2 is 1.84 bits per heavy atom. The Morgan fingerprint density at radius 1 is 1.08 bits per heavy atom. The summed E-state index contributed by atoms with van der Waals surface area (Å²) in [6, 6.07) is 7.81. The van der Waals surface area contributed by atoms with Gasteiger partial charge in [0.15, 0.2) is 11.9 Å². The van der Waals surface area contributed by atoms with Crippen LogP contribution >= 0.6 is 0 Å². The van der Waals surface area contributed by atoms with E-state index in [1.807, 2.05) is 42.2 Å². The zero-order valence-electron chi connectivity index (χ0n) is 22.4. The van der Waals surface area contributed by atoms with Gasteiger partial charge in [0.2, 0.25) is 18.0 Å². The predicted octanol–water partition coefficient (Wildman–Crippen LogP) is 4.06. The van der Waals surface area contributed by atoms with Gasteiger partial charge in [0.25, 0.3) is 0 Å². The number of amides is 1. The summed E-state index contributed by atoms with van der Waals surface area (Å²) in [5.41, 5.74) is 0.388. The molecule has 1 aliphatic carbocycles. The SMILES string of the molecule is CCN1CCN(C(=O)/C=C/c2ccc(O[C@H]3O[C@@H]4O[C@]5(C)CC6[C@H](C)CCC([C@H]3C)[C@]64OO5)cc2)CC1. The molecule has 2 bridgehead atoms. The molecule has 1 aromatic carbocycles. The Morgan fingerprint density at radius 3 is 2.57 bits per heavy atom. The molecule has 1 saturated carbocycles. The smallest absolute Gasteiger partial charge is 0.246 e. The molecule has 8 nitrogen and oxygen atoms in total. The van der Waals surface area contributed by atoms with E-state index < -0.39 is 24.0 Å². The fraction of sp³-hybridized carbons (Fsp3) is 0.690. The lowest BCUT2D eigenvalue weighted by Crippen LogP contribution is -2.76. The van der Waals surface area contributed by atoms with E-state index in [0.29, 0.717) is 11.8 Å². The van der Waals surface area contributed by atoms with Gasteiger partial charge in [-0.3, -0.25) is 4.79 Å². The standard InChI is InChI=1S/C29H40N2O6/c1-5-30-14-16-31(17-15-30)25(32)13-9-21-7-10-22(11-8-21)33-26-20(3)23-12-6-19(2)24-18-28(4)35-27(34-26)29(23,24)37-36-28/h7-11,13,19-20,23-24,26-27H,5-6,12,14-18H2,1-4H3/b13-9+/t19-,20-,23?,24?,26+,27-,28+,29+/m1/s1. The molecule has 8 atom stereocenters. The van der Waals surface area contributed by atoms with Crippen LogP contribution in [0.1, 0.15) is 52.5 Å². The van der Waals surface area contributed by atoms with Crippen LogP contribution in [0.3, 0.4) is 0 Å². The van der Waals surface area contributed by atoms with Gasteiger partial charge in [-0.15, -0.1) is 0 Å². The molecule has 0 N–H and O–H groups in total. The van der Waals surface area contributed by atoms with Crippen molar-refractivity contribution in [1.82, 2.24) is 9.80 Å². The third-order valence-electron chi connectivity index (χ3n) is 9.46. The highest BCUT2D eigenvalue weighted by Crippen LogP contribution is 2.62. The highest BCUT2D eigenvalue weighted by atomic mass is 17.3. The van der Waals surface area contributed by atoms with Gasteiger partial charge < -0.3 is 24.0 Å². The van der Waals surface area contributed by atoms with Gasteiger partial charge in [-0.25, -0.2) is 9.78 Å². The largest absolute Gasteiger partial charge is 0.465 e. The first-order valence-corrected chi connectivity index (χ1v) is 14.0. The van der Waals surface area contributed by atoms with Gasteiger partial charge >= 0.3 is 0 Å². The summed E-state index contributed by atoms with van der Waals surface area (Å²) in [7, 11) is 0. The topological polar surface area (TPSA) is 69.7 Å². The zero-order valence-corrected chi connectivity index (χ0v) is 22.4. The number of hydrogen-bond acceptors (Lipinski definition) is 7. The minimum Gasteiger partial charge on any atom is -0.465 e. The number of likely N-dealkylation sites (N-methyl/N-ethyl adjacent to an activating group) is 1. The highest BCUT2D eigenvalue weighted by molar-refractivity contribution is 5.91. The number of fused-ring (bicyclic) bond motifs is 1. The third kappa shape index (κ3) is 4.40. The fourth-order valence-corrected chi connectivity index (χ4v) is 7.17. The van der Waals surface area contributed by atoms with Crippen molar-refractivity contribution in [2.45, 2.75) is 70.9 Å². The maximum absolute atomic E-state index is 12.6. The van der Waals surface area contributed by atoms with Gasteiger partial charge in [0.05, 0.1) is 0 Å². The number of ether oxygens (including phenoxy) is 3. The van der Waals surface area contributed by atoms with E-state index in [-0.39, 0.29) is 17.7 Å². The van der Waals surface area contributed by atoms with Gasteiger partial charge in [0.1, 0.15) is 5.75 Å². The van der Waals surface area contributed by atoms with E-state index in [0.717, 1.165) is 63.3 Å². The first-order chi connectivity index (χ1) is 17.8. The van der Waals surface area contributed by atoms with Crippen molar-refractivity contribution in [3.63, 3.8) is 0 Å². The van der Waals surface area contributed by atoms with E-state index in [4.69, 9.17) is 24.0 Å². The zero-order chi connectivity index (χ0) is 25.8.